The number of aromatic nitrogens is 2. The maximum atomic E-state index is 5.21. The van der Waals surface area contributed by atoms with Crippen LogP contribution in [-0.4, -0.2) is 9.55 Å². The highest BCUT2D eigenvalue weighted by atomic mass is 15.0. The number of hydrogen-bond acceptors (Lipinski definition) is 1. The van der Waals surface area contributed by atoms with E-state index in [1.807, 2.05) is 6.08 Å². The first kappa shape index (κ1) is 24.3. The van der Waals surface area contributed by atoms with Crippen LogP contribution >= 0.6 is 0 Å². The van der Waals surface area contributed by atoms with Crippen LogP contribution < -0.4 is 0 Å². The van der Waals surface area contributed by atoms with Crippen molar-refractivity contribution < 1.29 is 0 Å². The summed E-state index contributed by atoms with van der Waals surface area (Å²) in [5.74, 6) is 0. The van der Waals surface area contributed by atoms with Crippen molar-refractivity contribution in [3.05, 3.63) is 151 Å². The molecule has 8 aromatic rings. The molecule has 2 nitrogen and oxygen atoms in total. The largest absolute Gasteiger partial charge is 0.309 e. The minimum absolute atomic E-state index is 0.969. The molecule has 0 saturated carbocycles. The molecule has 198 valence electrons. The number of hydrogen-bond donors (Lipinski definition) is 0. The van der Waals surface area contributed by atoms with Crippen molar-refractivity contribution in [1.82, 2.24) is 9.55 Å². The molecule has 6 aromatic carbocycles. The third kappa shape index (κ3) is 3.62. The summed E-state index contributed by atoms with van der Waals surface area (Å²) in [7, 11) is 0. The van der Waals surface area contributed by atoms with Crippen molar-refractivity contribution in [3.63, 3.8) is 0 Å². The van der Waals surface area contributed by atoms with Gasteiger partial charge in [-0.1, -0.05) is 122 Å². The van der Waals surface area contributed by atoms with E-state index in [1.165, 1.54) is 48.9 Å². The fraction of sp³-hybridized carbons (Fsp3) is 0.0250. The molecular formula is C40H28N2. The number of aryl methyl sites for hydroxylation is 1. The van der Waals surface area contributed by atoms with Crippen LogP contribution in [0.15, 0.2) is 140 Å². The second-order valence-electron chi connectivity index (χ2n) is 10.9. The first-order chi connectivity index (χ1) is 20.7. The molecule has 2 heterocycles. The van der Waals surface area contributed by atoms with Crippen LogP contribution in [0.4, 0.5) is 0 Å². The SMILES string of the molecule is C=C/C=C\c1ccc2ccc(-c3ccc4c5c6ccccc6c6ccccc6c5n(-c5ccccc5)c4c3)nc2c1C. The van der Waals surface area contributed by atoms with E-state index in [0.717, 1.165) is 33.4 Å². The maximum absolute atomic E-state index is 5.21. The molecule has 0 spiro atoms. The molecule has 0 aliphatic heterocycles. The molecule has 0 saturated heterocycles. The molecule has 0 atom stereocenters. The molecule has 0 amide bonds. The molecule has 0 N–H and O–H groups in total. The maximum Gasteiger partial charge on any atom is 0.0744 e. The normalized spacial score (nSPS) is 11.9. The lowest BCUT2D eigenvalue weighted by Crippen LogP contribution is -1.95. The molecule has 2 heteroatoms. The summed E-state index contributed by atoms with van der Waals surface area (Å²) < 4.78 is 2.44. The predicted octanol–water partition coefficient (Wildman–Crippen LogP) is 10.8. The summed E-state index contributed by atoms with van der Waals surface area (Å²) in [6.07, 6.45) is 5.87. The Kier molecular flexibility index (Phi) is 5.55. The number of nitrogens with zero attached hydrogens (tertiary/aromatic N) is 2. The van der Waals surface area contributed by atoms with Gasteiger partial charge in [0, 0.05) is 32.8 Å². The molecule has 0 fully saturated rings. The van der Waals surface area contributed by atoms with Gasteiger partial charge in [-0.15, -0.1) is 0 Å². The lowest BCUT2D eigenvalue weighted by atomic mass is 9.96. The Labute approximate surface area is 244 Å². The zero-order valence-electron chi connectivity index (χ0n) is 23.4. The summed E-state index contributed by atoms with van der Waals surface area (Å²) in [4.78, 5) is 5.21. The smallest absolute Gasteiger partial charge is 0.0744 e. The molecule has 8 rings (SSSR count). The van der Waals surface area contributed by atoms with Crippen LogP contribution in [0.25, 0.3) is 77.3 Å². The fourth-order valence-electron chi connectivity index (χ4n) is 6.54. The van der Waals surface area contributed by atoms with Crippen molar-refractivity contribution in [2.24, 2.45) is 0 Å². The molecule has 0 bridgehead atoms. The Bertz CT molecular complexity index is 2370. The Morgan fingerprint density at radius 3 is 2.14 bits per heavy atom. The van der Waals surface area contributed by atoms with E-state index in [2.05, 4.69) is 145 Å². The van der Waals surface area contributed by atoms with Gasteiger partial charge in [0.1, 0.15) is 0 Å². The van der Waals surface area contributed by atoms with E-state index >= 15 is 0 Å². The lowest BCUT2D eigenvalue weighted by molar-refractivity contribution is 1.19. The molecule has 0 aliphatic rings. The van der Waals surface area contributed by atoms with Gasteiger partial charge >= 0.3 is 0 Å². The third-order valence-corrected chi connectivity index (χ3v) is 8.52. The number of benzene rings is 6. The Morgan fingerprint density at radius 2 is 1.36 bits per heavy atom. The van der Waals surface area contributed by atoms with Gasteiger partial charge in [0.15, 0.2) is 0 Å². The third-order valence-electron chi connectivity index (χ3n) is 8.52. The van der Waals surface area contributed by atoms with Gasteiger partial charge in [0.05, 0.1) is 22.2 Å². The van der Waals surface area contributed by atoms with Crippen molar-refractivity contribution >= 4 is 60.3 Å². The van der Waals surface area contributed by atoms with E-state index in [-0.39, 0.29) is 0 Å². The average molecular weight is 537 g/mol. The van der Waals surface area contributed by atoms with Gasteiger partial charge in [-0.25, -0.2) is 4.98 Å². The highest BCUT2D eigenvalue weighted by molar-refractivity contribution is 6.32. The molecule has 0 unspecified atom stereocenters. The number of fused-ring (bicyclic) bond motifs is 9. The van der Waals surface area contributed by atoms with Crippen LogP contribution in [0.3, 0.4) is 0 Å². The van der Waals surface area contributed by atoms with Crippen molar-refractivity contribution in [1.29, 1.82) is 0 Å². The summed E-state index contributed by atoms with van der Waals surface area (Å²) in [5.41, 5.74) is 8.99. The van der Waals surface area contributed by atoms with Crippen LogP contribution in [0.5, 0.6) is 0 Å². The second-order valence-corrected chi connectivity index (χ2v) is 10.9. The number of pyridine rings is 1. The summed E-state index contributed by atoms with van der Waals surface area (Å²) in [6.45, 7) is 5.97. The van der Waals surface area contributed by atoms with Crippen LogP contribution in [0, 0.1) is 6.92 Å². The van der Waals surface area contributed by atoms with E-state index in [4.69, 9.17) is 4.98 Å². The first-order valence-electron chi connectivity index (χ1n) is 14.4. The number of para-hydroxylation sites is 1. The van der Waals surface area contributed by atoms with E-state index in [1.54, 1.807) is 6.08 Å². The zero-order valence-corrected chi connectivity index (χ0v) is 23.4. The highest BCUT2D eigenvalue weighted by Gasteiger charge is 2.19. The average Bonchev–Trinajstić information content (AvgIpc) is 3.40. The zero-order chi connectivity index (χ0) is 28.2. The van der Waals surface area contributed by atoms with Crippen LogP contribution in [0.1, 0.15) is 11.1 Å². The van der Waals surface area contributed by atoms with E-state index in [0.29, 0.717) is 0 Å². The standard InChI is InChI=1S/C40H28N2/c1-3-4-12-27-19-20-28-22-24-36(41-39(28)26(27)2)29-21-23-35-37(25-29)42(30-13-6-5-7-14-30)40-34-18-11-9-16-32(34)31-15-8-10-17-33(31)38(35)40/h3-25H,1H2,2H3/b12-4-. The minimum atomic E-state index is 0.969. The highest BCUT2D eigenvalue weighted by Crippen LogP contribution is 2.43. The van der Waals surface area contributed by atoms with Gasteiger partial charge < -0.3 is 4.57 Å². The van der Waals surface area contributed by atoms with Crippen LogP contribution in [0.2, 0.25) is 0 Å². The number of rotatable bonds is 4. The van der Waals surface area contributed by atoms with Gasteiger partial charge in [0.2, 0.25) is 0 Å². The summed E-state index contributed by atoms with van der Waals surface area (Å²) in [6, 6.07) is 43.8. The Balaban J connectivity index is 1.47. The Hall–Kier alpha value is -5.47. The van der Waals surface area contributed by atoms with Gasteiger partial charge in [0.25, 0.3) is 0 Å². The topological polar surface area (TPSA) is 17.8 Å². The number of allylic oxidation sites excluding steroid dienone is 2. The summed E-state index contributed by atoms with van der Waals surface area (Å²) in [5, 5.41) is 8.76. The minimum Gasteiger partial charge on any atom is -0.309 e. The van der Waals surface area contributed by atoms with E-state index < -0.39 is 0 Å². The molecule has 42 heavy (non-hydrogen) atoms. The molecule has 0 aliphatic carbocycles. The van der Waals surface area contributed by atoms with Crippen molar-refractivity contribution in [3.8, 4) is 16.9 Å². The second kappa shape index (κ2) is 9.57. The van der Waals surface area contributed by atoms with Crippen LogP contribution in [-0.2, 0) is 0 Å². The van der Waals surface area contributed by atoms with Gasteiger partial charge in [-0.3, -0.25) is 0 Å². The predicted molar refractivity (Wildman–Crippen MR) is 180 cm³/mol. The Morgan fingerprint density at radius 1 is 0.667 bits per heavy atom. The first-order valence-corrected chi connectivity index (χ1v) is 14.4. The van der Waals surface area contributed by atoms with Gasteiger partial charge in [-0.05, 0) is 58.5 Å². The quantitative estimate of drug-likeness (QED) is 0.162. The lowest BCUT2D eigenvalue weighted by Gasteiger charge is -2.12. The molecule has 2 aromatic heterocycles. The van der Waals surface area contributed by atoms with Gasteiger partial charge in [-0.2, -0.15) is 0 Å². The van der Waals surface area contributed by atoms with E-state index in [9.17, 15) is 0 Å². The fourth-order valence-corrected chi connectivity index (χ4v) is 6.54. The monoisotopic (exact) mass is 536 g/mol. The molecular weight excluding hydrogens is 508 g/mol. The molecule has 0 radical (unpaired) electrons. The van der Waals surface area contributed by atoms with Crippen molar-refractivity contribution in [2.45, 2.75) is 6.92 Å². The summed E-state index contributed by atoms with van der Waals surface area (Å²) >= 11 is 0. The van der Waals surface area contributed by atoms with Crippen molar-refractivity contribution in [2.75, 3.05) is 0 Å².